The highest BCUT2D eigenvalue weighted by Gasteiger charge is 2.36. The first-order valence-corrected chi connectivity index (χ1v) is 6.72. The summed E-state index contributed by atoms with van der Waals surface area (Å²) >= 11 is 1.07. The van der Waals surface area contributed by atoms with Gasteiger partial charge in [0.2, 0.25) is 0 Å². The predicted molar refractivity (Wildman–Crippen MR) is 66.5 cm³/mol. The van der Waals surface area contributed by atoms with E-state index >= 15 is 0 Å². The van der Waals surface area contributed by atoms with Gasteiger partial charge < -0.3 is 10.6 Å². The number of likely N-dealkylation sites (N-methyl/N-ethyl adjacent to an activating group) is 1. The molecule has 0 aliphatic rings. The lowest BCUT2D eigenvalue weighted by atomic mass is 10.3. The van der Waals surface area contributed by atoms with Crippen LogP contribution in [-0.4, -0.2) is 29.5 Å². The molecule has 0 radical (unpaired) electrons. The van der Waals surface area contributed by atoms with E-state index in [2.05, 4.69) is 9.88 Å². The number of thiazole rings is 1. The Morgan fingerprint density at radius 1 is 1.28 bits per heavy atom. The summed E-state index contributed by atoms with van der Waals surface area (Å²) in [7, 11) is 0. The molecular weight excluding hydrogens is 263 g/mol. The van der Waals surface area contributed by atoms with Gasteiger partial charge in [0.25, 0.3) is 0 Å². The lowest BCUT2D eigenvalue weighted by molar-refractivity contribution is -0.141. The van der Waals surface area contributed by atoms with Crippen molar-refractivity contribution < 1.29 is 13.2 Å². The average molecular weight is 281 g/mol. The Kier molecular flexibility index (Phi) is 5.55. The maximum absolute atomic E-state index is 12.7. The zero-order valence-corrected chi connectivity index (χ0v) is 11.4. The maximum Gasteiger partial charge on any atom is 0.434 e. The highest BCUT2D eigenvalue weighted by molar-refractivity contribution is 7.11. The van der Waals surface area contributed by atoms with Gasteiger partial charge in [0.15, 0.2) is 5.69 Å². The van der Waals surface area contributed by atoms with Gasteiger partial charge >= 0.3 is 6.18 Å². The van der Waals surface area contributed by atoms with Crippen molar-refractivity contribution in [1.29, 1.82) is 0 Å². The molecule has 0 bridgehead atoms. The number of aromatic nitrogens is 1. The highest BCUT2D eigenvalue weighted by Crippen LogP contribution is 2.34. The number of rotatable bonds is 6. The molecule has 0 amide bonds. The first-order chi connectivity index (χ1) is 8.42. The molecule has 0 aliphatic heterocycles. The Morgan fingerprint density at radius 2 is 1.89 bits per heavy atom. The SMILES string of the molecule is CCN(CC)CCc1nc(C(F)(F)F)c(CN)s1. The van der Waals surface area contributed by atoms with Crippen LogP contribution in [0.3, 0.4) is 0 Å². The van der Waals surface area contributed by atoms with E-state index in [4.69, 9.17) is 5.73 Å². The van der Waals surface area contributed by atoms with Gasteiger partial charge in [0, 0.05) is 19.5 Å². The van der Waals surface area contributed by atoms with Crippen molar-refractivity contribution in [2.75, 3.05) is 19.6 Å². The summed E-state index contributed by atoms with van der Waals surface area (Å²) in [6, 6.07) is 0. The number of hydrogen-bond donors (Lipinski definition) is 1. The van der Waals surface area contributed by atoms with Crippen LogP contribution in [0.4, 0.5) is 13.2 Å². The van der Waals surface area contributed by atoms with Crippen molar-refractivity contribution in [2.24, 2.45) is 5.73 Å². The molecule has 1 rings (SSSR count). The Balaban J connectivity index is 2.76. The number of alkyl halides is 3. The van der Waals surface area contributed by atoms with E-state index in [1.165, 1.54) is 0 Å². The maximum atomic E-state index is 12.7. The summed E-state index contributed by atoms with van der Waals surface area (Å²) in [4.78, 5) is 5.95. The normalized spacial score (nSPS) is 12.4. The Hall–Kier alpha value is -0.660. The molecule has 0 saturated carbocycles. The fraction of sp³-hybridized carbons (Fsp3) is 0.727. The van der Waals surface area contributed by atoms with Crippen molar-refractivity contribution >= 4 is 11.3 Å². The summed E-state index contributed by atoms with van der Waals surface area (Å²) in [5.41, 5.74) is 4.51. The van der Waals surface area contributed by atoms with E-state index in [-0.39, 0.29) is 11.4 Å². The minimum absolute atomic E-state index is 0.113. The van der Waals surface area contributed by atoms with Gasteiger partial charge in [0.05, 0.1) is 9.88 Å². The summed E-state index contributed by atoms with van der Waals surface area (Å²) in [5.74, 6) is 0. The molecule has 0 atom stereocenters. The van der Waals surface area contributed by atoms with E-state index in [0.717, 1.165) is 31.0 Å². The number of halogens is 3. The Labute approximate surface area is 109 Å². The predicted octanol–water partition coefficient (Wildman–Crippen LogP) is 2.50. The second-order valence-corrected chi connectivity index (χ2v) is 5.03. The van der Waals surface area contributed by atoms with E-state index in [9.17, 15) is 13.2 Å². The van der Waals surface area contributed by atoms with Crippen molar-refractivity contribution in [3.8, 4) is 0 Å². The van der Waals surface area contributed by atoms with Gasteiger partial charge in [0.1, 0.15) is 0 Å². The molecule has 0 aliphatic carbocycles. The third kappa shape index (κ3) is 3.93. The van der Waals surface area contributed by atoms with Crippen LogP contribution in [0.5, 0.6) is 0 Å². The number of nitrogens with zero attached hydrogens (tertiary/aromatic N) is 2. The second kappa shape index (κ2) is 6.49. The zero-order valence-electron chi connectivity index (χ0n) is 10.5. The molecule has 1 aromatic rings. The number of nitrogens with two attached hydrogens (primary N) is 1. The lowest BCUT2D eigenvalue weighted by Gasteiger charge is -2.16. The molecule has 0 spiro atoms. The lowest BCUT2D eigenvalue weighted by Crippen LogP contribution is -2.25. The van der Waals surface area contributed by atoms with Gasteiger partial charge in [-0.05, 0) is 13.1 Å². The van der Waals surface area contributed by atoms with Gasteiger partial charge in [-0.15, -0.1) is 11.3 Å². The van der Waals surface area contributed by atoms with Crippen LogP contribution in [0.25, 0.3) is 0 Å². The van der Waals surface area contributed by atoms with Crippen LogP contribution < -0.4 is 5.73 Å². The average Bonchev–Trinajstić information content (AvgIpc) is 2.73. The molecular formula is C11H18F3N3S. The first-order valence-electron chi connectivity index (χ1n) is 5.90. The molecule has 3 nitrogen and oxygen atoms in total. The minimum Gasteiger partial charge on any atom is -0.326 e. The monoisotopic (exact) mass is 281 g/mol. The van der Waals surface area contributed by atoms with Gasteiger partial charge in [-0.25, -0.2) is 4.98 Å². The number of hydrogen-bond acceptors (Lipinski definition) is 4. The molecule has 0 saturated heterocycles. The Bertz CT molecular complexity index is 372. The van der Waals surface area contributed by atoms with Gasteiger partial charge in [-0.3, -0.25) is 0 Å². The van der Waals surface area contributed by atoms with E-state index in [1.54, 1.807) is 0 Å². The molecule has 7 heteroatoms. The van der Waals surface area contributed by atoms with E-state index < -0.39 is 11.9 Å². The summed E-state index contributed by atoms with van der Waals surface area (Å²) in [6.45, 7) is 6.44. The van der Waals surface area contributed by atoms with Crippen LogP contribution in [0.1, 0.15) is 29.4 Å². The molecule has 18 heavy (non-hydrogen) atoms. The van der Waals surface area contributed by atoms with Crippen molar-refractivity contribution in [3.63, 3.8) is 0 Å². The molecule has 0 aromatic carbocycles. The fourth-order valence-electron chi connectivity index (χ4n) is 1.66. The van der Waals surface area contributed by atoms with Gasteiger partial charge in [-0.1, -0.05) is 13.8 Å². The second-order valence-electron chi connectivity index (χ2n) is 3.86. The molecule has 1 aromatic heterocycles. The third-order valence-corrected chi connectivity index (χ3v) is 3.87. The van der Waals surface area contributed by atoms with Crippen LogP contribution in [-0.2, 0) is 19.1 Å². The highest BCUT2D eigenvalue weighted by atomic mass is 32.1. The molecule has 1 heterocycles. The van der Waals surface area contributed by atoms with E-state index in [1.807, 2.05) is 13.8 Å². The third-order valence-electron chi connectivity index (χ3n) is 2.73. The fourth-order valence-corrected chi connectivity index (χ4v) is 2.62. The first kappa shape index (κ1) is 15.4. The van der Waals surface area contributed by atoms with Gasteiger partial charge in [-0.2, -0.15) is 13.2 Å². The largest absolute Gasteiger partial charge is 0.434 e. The molecule has 0 unspecified atom stereocenters. The Morgan fingerprint density at radius 3 is 2.28 bits per heavy atom. The van der Waals surface area contributed by atoms with E-state index in [0.29, 0.717) is 11.4 Å². The molecule has 2 N–H and O–H groups in total. The zero-order chi connectivity index (χ0) is 13.8. The van der Waals surface area contributed by atoms with Crippen molar-refractivity contribution in [2.45, 2.75) is 33.0 Å². The van der Waals surface area contributed by atoms with Crippen molar-refractivity contribution in [1.82, 2.24) is 9.88 Å². The van der Waals surface area contributed by atoms with Crippen molar-refractivity contribution in [3.05, 3.63) is 15.6 Å². The summed E-state index contributed by atoms with van der Waals surface area (Å²) in [6.07, 6.45) is -3.87. The summed E-state index contributed by atoms with van der Waals surface area (Å²) < 4.78 is 38.0. The standard InChI is InChI=1S/C11H18F3N3S/c1-3-17(4-2)6-5-9-16-10(11(12,13)14)8(7-15)18-9/h3-7,15H2,1-2H3. The molecule has 104 valence electrons. The van der Waals surface area contributed by atoms with Crippen LogP contribution >= 0.6 is 11.3 Å². The van der Waals surface area contributed by atoms with Crippen LogP contribution in [0.15, 0.2) is 0 Å². The quantitative estimate of drug-likeness (QED) is 0.871. The van der Waals surface area contributed by atoms with Crippen LogP contribution in [0, 0.1) is 0 Å². The minimum atomic E-state index is -4.40. The van der Waals surface area contributed by atoms with Crippen LogP contribution in [0.2, 0.25) is 0 Å². The molecule has 0 fully saturated rings. The topological polar surface area (TPSA) is 42.2 Å². The smallest absolute Gasteiger partial charge is 0.326 e. The summed E-state index contributed by atoms with van der Waals surface area (Å²) in [5, 5.41) is 0.509.